The molecule has 3 rings (SSSR count). The van der Waals surface area contributed by atoms with E-state index in [0.717, 1.165) is 46.5 Å². The summed E-state index contributed by atoms with van der Waals surface area (Å²) in [5, 5.41) is 13.7. The number of carbonyl (C=O) groups is 1. The standard InChI is InChI=1S/C19H24N2O2S/c1-12-4-3-5-15-16(10-13(2)20-18(12)15)19(23)21-17(11-22)14-6-8-24-9-7-14/h3-5,10,14,17,22H,6-9,11H2,1-2H3,(H,21,23)/t17-/m0/s1. The van der Waals surface area contributed by atoms with E-state index in [4.69, 9.17) is 0 Å². The third kappa shape index (κ3) is 3.57. The highest BCUT2D eigenvalue weighted by molar-refractivity contribution is 7.99. The van der Waals surface area contributed by atoms with Gasteiger partial charge in [-0.25, -0.2) is 0 Å². The summed E-state index contributed by atoms with van der Waals surface area (Å²) in [5.74, 6) is 2.45. The Morgan fingerprint density at radius 1 is 1.38 bits per heavy atom. The second-order valence-corrected chi connectivity index (χ2v) is 7.72. The zero-order chi connectivity index (χ0) is 17.1. The Labute approximate surface area is 147 Å². The third-order valence-electron chi connectivity index (χ3n) is 4.76. The van der Waals surface area contributed by atoms with Gasteiger partial charge in [0, 0.05) is 11.1 Å². The summed E-state index contributed by atoms with van der Waals surface area (Å²) in [7, 11) is 0. The Morgan fingerprint density at radius 3 is 2.83 bits per heavy atom. The molecule has 1 aliphatic heterocycles. The molecule has 0 saturated carbocycles. The Kier molecular flexibility index (Phi) is 5.41. The lowest BCUT2D eigenvalue weighted by Gasteiger charge is -2.29. The summed E-state index contributed by atoms with van der Waals surface area (Å²) < 4.78 is 0. The van der Waals surface area contributed by atoms with Crippen LogP contribution in [0.15, 0.2) is 24.3 Å². The van der Waals surface area contributed by atoms with Crippen LogP contribution < -0.4 is 5.32 Å². The first-order valence-electron chi connectivity index (χ1n) is 8.46. The Balaban J connectivity index is 1.89. The monoisotopic (exact) mass is 344 g/mol. The van der Waals surface area contributed by atoms with E-state index in [1.807, 2.05) is 49.9 Å². The molecule has 1 saturated heterocycles. The first-order chi connectivity index (χ1) is 11.6. The number of nitrogens with zero attached hydrogens (tertiary/aromatic N) is 1. The molecule has 0 aliphatic carbocycles. The molecule has 2 aromatic rings. The number of amides is 1. The van der Waals surface area contributed by atoms with Gasteiger partial charge in [-0.15, -0.1) is 0 Å². The van der Waals surface area contributed by atoms with Crippen molar-refractivity contribution >= 4 is 28.6 Å². The molecule has 24 heavy (non-hydrogen) atoms. The maximum atomic E-state index is 12.9. The number of para-hydroxylation sites is 1. The van der Waals surface area contributed by atoms with Crippen LogP contribution in [0.2, 0.25) is 0 Å². The molecule has 0 spiro atoms. The molecule has 2 heterocycles. The minimum Gasteiger partial charge on any atom is -0.394 e. The number of nitrogens with one attached hydrogen (secondary N) is 1. The van der Waals surface area contributed by atoms with Crippen LogP contribution in [0, 0.1) is 19.8 Å². The maximum absolute atomic E-state index is 12.9. The highest BCUT2D eigenvalue weighted by Gasteiger charge is 2.25. The number of pyridine rings is 1. The summed E-state index contributed by atoms with van der Waals surface area (Å²) >= 11 is 1.94. The topological polar surface area (TPSA) is 62.2 Å². The second-order valence-electron chi connectivity index (χ2n) is 6.49. The number of hydrogen-bond donors (Lipinski definition) is 2. The van der Waals surface area contributed by atoms with Crippen molar-refractivity contribution in [2.75, 3.05) is 18.1 Å². The van der Waals surface area contributed by atoms with Crippen molar-refractivity contribution in [3.05, 3.63) is 41.1 Å². The highest BCUT2D eigenvalue weighted by Crippen LogP contribution is 2.26. The molecule has 1 fully saturated rings. The molecule has 1 atom stereocenters. The number of aryl methyl sites for hydroxylation is 2. The molecule has 1 aromatic heterocycles. The number of fused-ring (bicyclic) bond motifs is 1. The van der Waals surface area contributed by atoms with Crippen LogP contribution in [0.5, 0.6) is 0 Å². The van der Waals surface area contributed by atoms with Crippen LogP contribution >= 0.6 is 11.8 Å². The van der Waals surface area contributed by atoms with Gasteiger partial charge < -0.3 is 10.4 Å². The smallest absolute Gasteiger partial charge is 0.252 e. The van der Waals surface area contributed by atoms with Crippen molar-refractivity contribution < 1.29 is 9.90 Å². The van der Waals surface area contributed by atoms with E-state index in [2.05, 4.69) is 10.3 Å². The molecule has 1 aromatic carbocycles. The molecule has 1 aliphatic rings. The molecule has 2 N–H and O–H groups in total. The predicted molar refractivity (Wildman–Crippen MR) is 99.6 cm³/mol. The van der Waals surface area contributed by atoms with Crippen molar-refractivity contribution in [3.63, 3.8) is 0 Å². The zero-order valence-corrected chi connectivity index (χ0v) is 15.0. The van der Waals surface area contributed by atoms with Crippen LogP contribution in [-0.2, 0) is 0 Å². The van der Waals surface area contributed by atoms with Gasteiger partial charge in [-0.05, 0) is 55.7 Å². The van der Waals surface area contributed by atoms with Gasteiger partial charge in [0.15, 0.2) is 0 Å². The minimum atomic E-state index is -0.174. The Bertz CT molecular complexity index is 741. The first kappa shape index (κ1) is 17.2. The summed E-state index contributed by atoms with van der Waals surface area (Å²) in [4.78, 5) is 17.5. The molecule has 1 amide bonds. The summed E-state index contributed by atoms with van der Waals surface area (Å²) in [6, 6.07) is 7.56. The number of aliphatic hydroxyl groups is 1. The second kappa shape index (κ2) is 7.53. The number of rotatable bonds is 4. The van der Waals surface area contributed by atoms with E-state index in [0.29, 0.717) is 11.5 Å². The molecular weight excluding hydrogens is 320 g/mol. The van der Waals surface area contributed by atoms with Gasteiger partial charge in [-0.2, -0.15) is 11.8 Å². The van der Waals surface area contributed by atoms with Crippen molar-refractivity contribution in [3.8, 4) is 0 Å². The lowest BCUT2D eigenvalue weighted by atomic mass is 9.93. The van der Waals surface area contributed by atoms with Crippen LogP contribution in [0.25, 0.3) is 10.9 Å². The Hall–Kier alpha value is -1.59. The van der Waals surface area contributed by atoms with Gasteiger partial charge in [0.25, 0.3) is 5.91 Å². The molecule has 0 radical (unpaired) electrons. The van der Waals surface area contributed by atoms with Gasteiger partial charge in [0.2, 0.25) is 0 Å². The van der Waals surface area contributed by atoms with E-state index in [1.165, 1.54) is 0 Å². The average Bonchev–Trinajstić information content (AvgIpc) is 2.60. The van der Waals surface area contributed by atoms with Gasteiger partial charge in [-0.3, -0.25) is 9.78 Å². The van der Waals surface area contributed by atoms with Crippen molar-refractivity contribution in [1.29, 1.82) is 0 Å². The highest BCUT2D eigenvalue weighted by atomic mass is 32.2. The fourth-order valence-electron chi connectivity index (χ4n) is 3.38. The zero-order valence-electron chi connectivity index (χ0n) is 14.2. The van der Waals surface area contributed by atoms with Gasteiger partial charge in [0.1, 0.15) is 0 Å². The number of hydrogen-bond acceptors (Lipinski definition) is 4. The molecule has 5 heteroatoms. The van der Waals surface area contributed by atoms with E-state index in [-0.39, 0.29) is 18.6 Å². The fraction of sp³-hybridized carbons (Fsp3) is 0.474. The molecule has 0 unspecified atom stereocenters. The van der Waals surface area contributed by atoms with Crippen molar-refractivity contribution in [1.82, 2.24) is 10.3 Å². The number of carbonyl (C=O) groups excluding carboxylic acids is 1. The predicted octanol–water partition coefficient (Wildman–Crippen LogP) is 3.09. The number of aromatic nitrogens is 1. The normalized spacial score (nSPS) is 17.0. The lowest BCUT2D eigenvalue weighted by molar-refractivity contribution is 0.0886. The summed E-state index contributed by atoms with van der Waals surface area (Å²) in [6.07, 6.45) is 2.09. The SMILES string of the molecule is Cc1cc(C(=O)N[C@@H](CO)C2CCSCC2)c2cccc(C)c2n1. The average molecular weight is 344 g/mol. The van der Waals surface area contributed by atoms with Crippen molar-refractivity contribution in [2.45, 2.75) is 32.7 Å². The van der Waals surface area contributed by atoms with E-state index >= 15 is 0 Å². The molecule has 0 bridgehead atoms. The van der Waals surface area contributed by atoms with Crippen LogP contribution in [0.3, 0.4) is 0 Å². The van der Waals surface area contributed by atoms with E-state index in [9.17, 15) is 9.90 Å². The third-order valence-corrected chi connectivity index (χ3v) is 5.81. The Morgan fingerprint density at radius 2 is 2.12 bits per heavy atom. The fourth-order valence-corrected chi connectivity index (χ4v) is 4.53. The van der Waals surface area contributed by atoms with Crippen molar-refractivity contribution in [2.24, 2.45) is 5.92 Å². The summed E-state index contributed by atoms with van der Waals surface area (Å²) in [5.41, 5.74) is 3.41. The number of thioether (sulfide) groups is 1. The largest absolute Gasteiger partial charge is 0.394 e. The molecule has 128 valence electrons. The van der Waals surface area contributed by atoms with Crippen LogP contribution in [0.4, 0.5) is 0 Å². The molecular formula is C19H24N2O2S. The maximum Gasteiger partial charge on any atom is 0.252 e. The van der Waals surface area contributed by atoms with E-state index < -0.39 is 0 Å². The minimum absolute atomic E-state index is 0.0118. The quantitative estimate of drug-likeness (QED) is 0.895. The number of aliphatic hydroxyl groups excluding tert-OH is 1. The molecule has 4 nitrogen and oxygen atoms in total. The number of benzene rings is 1. The van der Waals surface area contributed by atoms with Gasteiger partial charge in [-0.1, -0.05) is 18.2 Å². The van der Waals surface area contributed by atoms with Crippen LogP contribution in [0.1, 0.15) is 34.5 Å². The lowest BCUT2D eigenvalue weighted by Crippen LogP contribution is -2.44. The van der Waals surface area contributed by atoms with Crippen LogP contribution in [-0.4, -0.2) is 40.2 Å². The first-order valence-corrected chi connectivity index (χ1v) is 9.62. The van der Waals surface area contributed by atoms with E-state index in [1.54, 1.807) is 0 Å². The van der Waals surface area contributed by atoms with Gasteiger partial charge >= 0.3 is 0 Å². The van der Waals surface area contributed by atoms with Gasteiger partial charge in [0.05, 0.1) is 23.7 Å². The summed E-state index contributed by atoms with van der Waals surface area (Å²) in [6.45, 7) is 3.90.